The Bertz CT molecular complexity index is 606. The molecule has 4 heteroatoms. The van der Waals surface area contributed by atoms with Gasteiger partial charge in [0.25, 0.3) is 0 Å². The summed E-state index contributed by atoms with van der Waals surface area (Å²) in [6.07, 6.45) is 8.46. The van der Waals surface area contributed by atoms with Gasteiger partial charge in [0, 0.05) is 25.7 Å². The Morgan fingerprint density at radius 3 is 3.10 bits per heavy atom. The van der Waals surface area contributed by atoms with Crippen LogP contribution in [0.3, 0.4) is 0 Å². The van der Waals surface area contributed by atoms with Crippen LogP contribution in [-0.2, 0) is 19.9 Å². The van der Waals surface area contributed by atoms with Crippen molar-refractivity contribution in [3.63, 3.8) is 0 Å². The number of fused-ring (bicyclic) bond motifs is 1. The number of aromatic nitrogens is 2. The summed E-state index contributed by atoms with van der Waals surface area (Å²) in [5.74, 6) is 0.981. The maximum Gasteiger partial charge on any atom is 0.119 e. The van der Waals surface area contributed by atoms with Crippen LogP contribution in [0.5, 0.6) is 5.75 Å². The Morgan fingerprint density at radius 2 is 2.33 bits per heavy atom. The van der Waals surface area contributed by atoms with Crippen LogP contribution in [-0.4, -0.2) is 23.4 Å². The third kappa shape index (κ3) is 3.27. The summed E-state index contributed by atoms with van der Waals surface area (Å²) in [6.45, 7) is 0.694. The number of rotatable bonds is 5. The minimum atomic E-state index is 0.498. The third-order valence-electron chi connectivity index (χ3n) is 4.20. The molecule has 2 aromatic rings. The van der Waals surface area contributed by atoms with Crippen molar-refractivity contribution >= 4 is 0 Å². The molecule has 0 bridgehead atoms. The molecule has 1 N–H and O–H groups in total. The van der Waals surface area contributed by atoms with Gasteiger partial charge in [-0.2, -0.15) is 5.10 Å². The van der Waals surface area contributed by atoms with E-state index >= 15 is 0 Å². The van der Waals surface area contributed by atoms with Crippen LogP contribution in [0.1, 0.15) is 35.6 Å². The van der Waals surface area contributed by atoms with Crippen LogP contribution >= 0.6 is 0 Å². The Kier molecular flexibility index (Phi) is 4.25. The molecule has 1 aromatic carbocycles. The summed E-state index contributed by atoms with van der Waals surface area (Å²) >= 11 is 0. The lowest BCUT2D eigenvalue weighted by Crippen LogP contribution is -2.21. The lowest BCUT2D eigenvalue weighted by atomic mass is 9.87. The second-order valence-electron chi connectivity index (χ2n) is 5.71. The molecule has 21 heavy (non-hydrogen) atoms. The molecule has 0 fully saturated rings. The smallest absolute Gasteiger partial charge is 0.119 e. The van der Waals surface area contributed by atoms with Crippen molar-refractivity contribution < 1.29 is 4.74 Å². The first-order chi connectivity index (χ1) is 10.3. The second-order valence-corrected chi connectivity index (χ2v) is 5.71. The standard InChI is InChI=1S/C17H23N3O/c1-18-17-5-3-4-14-10-15(6-7-16(14)17)21-9-8-13-11-19-20(2)12-13/h6-7,10-12,17-18H,3-5,8-9H2,1-2H3. The van der Waals surface area contributed by atoms with Gasteiger partial charge < -0.3 is 10.1 Å². The topological polar surface area (TPSA) is 39.1 Å². The van der Waals surface area contributed by atoms with Crippen molar-refractivity contribution in [1.82, 2.24) is 15.1 Å². The van der Waals surface area contributed by atoms with Crippen LogP contribution in [0.4, 0.5) is 0 Å². The normalized spacial score (nSPS) is 17.5. The minimum Gasteiger partial charge on any atom is -0.493 e. The van der Waals surface area contributed by atoms with Gasteiger partial charge in [0.1, 0.15) is 5.75 Å². The fourth-order valence-electron chi connectivity index (χ4n) is 3.07. The zero-order valence-electron chi connectivity index (χ0n) is 12.8. The van der Waals surface area contributed by atoms with Gasteiger partial charge in [0.15, 0.2) is 0 Å². The van der Waals surface area contributed by atoms with Gasteiger partial charge in [-0.1, -0.05) is 6.07 Å². The summed E-state index contributed by atoms with van der Waals surface area (Å²) in [5.41, 5.74) is 4.08. The summed E-state index contributed by atoms with van der Waals surface area (Å²) in [6, 6.07) is 7.02. The SMILES string of the molecule is CNC1CCCc2cc(OCCc3cnn(C)c3)ccc21. The largest absolute Gasteiger partial charge is 0.493 e. The first-order valence-electron chi connectivity index (χ1n) is 7.66. The van der Waals surface area contributed by atoms with E-state index in [-0.39, 0.29) is 0 Å². The predicted octanol–water partition coefficient (Wildman–Crippen LogP) is 2.64. The molecule has 1 aliphatic carbocycles. The first kappa shape index (κ1) is 14.1. The van der Waals surface area contributed by atoms with Gasteiger partial charge >= 0.3 is 0 Å². The molecule has 112 valence electrons. The quantitative estimate of drug-likeness (QED) is 0.918. The summed E-state index contributed by atoms with van der Waals surface area (Å²) in [5, 5.41) is 7.57. The highest BCUT2D eigenvalue weighted by Crippen LogP contribution is 2.31. The Morgan fingerprint density at radius 1 is 1.43 bits per heavy atom. The minimum absolute atomic E-state index is 0.498. The first-order valence-corrected chi connectivity index (χ1v) is 7.66. The number of hydrogen-bond donors (Lipinski definition) is 1. The molecule has 1 aliphatic rings. The van der Waals surface area contributed by atoms with Gasteiger partial charge in [0.2, 0.25) is 0 Å². The highest BCUT2D eigenvalue weighted by atomic mass is 16.5. The maximum absolute atomic E-state index is 5.90. The molecule has 0 amide bonds. The maximum atomic E-state index is 5.90. The van der Waals surface area contributed by atoms with Gasteiger partial charge in [0.05, 0.1) is 12.8 Å². The lowest BCUT2D eigenvalue weighted by Gasteiger charge is -2.25. The molecular formula is C17H23N3O. The molecule has 1 heterocycles. The van der Waals surface area contributed by atoms with Crippen LogP contribution in [0.15, 0.2) is 30.6 Å². The van der Waals surface area contributed by atoms with E-state index < -0.39 is 0 Å². The van der Waals surface area contributed by atoms with Crippen molar-refractivity contribution in [2.45, 2.75) is 31.7 Å². The zero-order chi connectivity index (χ0) is 14.7. The lowest BCUT2D eigenvalue weighted by molar-refractivity contribution is 0.321. The molecule has 0 saturated carbocycles. The molecule has 0 radical (unpaired) electrons. The number of benzene rings is 1. The number of aryl methyl sites for hydroxylation is 2. The van der Waals surface area contributed by atoms with Crippen molar-refractivity contribution in [3.8, 4) is 5.75 Å². The van der Waals surface area contributed by atoms with Crippen LogP contribution in [0.2, 0.25) is 0 Å². The van der Waals surface area contributed by atoms with Crippen molar-refractivity contribution in [2.24, 2.45) is 7.05 Å². The third-order valence-corrected chi connectivity index (χ3v) is 4.20. The number of nitrogens with zero attached hydrogens (tertiary/aromatic N) is 2. The number of ether oxygens (including phenoxy) is 1. The summed E-state index contributed by atoms with van der Waals surface area (Å²) in [4.78, 5) is 0. The van der Waals surface area contributed by atoms with Gasteiger partial charge in [-0.25, -0.2) is 0 Å². The zero-order valence-corrected chi connectivity index (χ0v) is 12.8. The molecule has 0 aliphatic heterocycles. The Labute approximate surface area is 126 Å². The van der Waals surface area contributed by atoms with Gasteiger partial charge in [-0.05, 0) is 55.1 Å². The van der Waals surface area contributed by atoms with E-state index in [2.05, 4.69) is 28.6 Å². The average molecular weight is 285 g/mol. The molecule has 1 atom stereocenters. The fraction of sp³-hybridized carbons (Fsp3) is 0.471. The van der Waals surface area contributed by atoms with E-state index in [0.29, 0.717) is 12.6 Å². The van der Waals surface area contributed by atoms with E-state index in [4.69, 9.17) is 4.74 Å². The highest BCUT2D eigenvalue weighted by Gasteiger charge is 2.18. The molecule has 0 spiro atoms. The van der Waals surface area contributed by atoms with E-state index in [1.54, 1.807) is 0 Å². The van der Waals surface area contributed by atoms with Crippen molar-refractivity contribution in [2.75, 3.05) is 13.7 Å². The molecule has 3 rings (SSSR count). The van der Waals surface area contributed by atoms with E-state index in [0.717, 1.165) is 18.6 Å². The molecular weight excluding hydrogens is 262 g/mol. The average Bonchev–Trinajstić information content (AvgIpc) is 2.92. The van der Waals surface area contributed by atoms with E-state index in [9.17, 15) is 0 Å². The predicted molar refractivity (Wildman–Crippen MR) is 83.6 cm³/mol. The summed E-state index contributed by atoms with van der Waals surface area (Å²) in [7, 11) is 3.98. The van der Waals surface area contributed by atoms with Gasteiger partial charge in [-0.15, -0.1) is 0 Å². The number of hydrogen-bond acceptors (Lipinski definition) is 3. The Balaban J connectivity index is 1.61. The fourth-order valence-corrected chi connectivity index (χ4v) is 3.07. The Hall–Kier alpha value is -1.81. The second kappa shape index (κ2) is 6.31. The van der Waals surface area contributed by atoms with Crippen LogP contribution < -0.4 is 10.1 Å². The van der Waals surface area contributed by atoms with Crippen molar-refractivity contribution in [3.05, 3.63) is 47.3 Å². The molecule has 1 aromatic heterocycles. The van der Waals surface area contributed by atoms with Crippen LogP contribution in [0.25, 0.3) is 0 Å². The summed E-state index contributed by atoms with van der Waals surface area (Å²) < 4.78 is 7.72. The molecule has 0 saturated heterocycles. The molecule has 1 unspecified atom stereocenters. The van der Waals surface area contributed by atoms with Crippen LogP contribution in [0, 0.1) is 0 Å². The van der Waals surface area contributed by atoms with Gasteiger partial charge in [-0.3, -0.25) is 4.68 Å². The molecule has 4 nitrogen and oxygen atoms in total. The monoisotopic (exact) mass is 285 g/mol. The van der Waals surface area contributed by atoms with E-state index in [1.807, 2.05) is 31.2 Å². The van der Waals surface area contributed by atoms with E-state index in [1.165, 1.54) is 29.5 Å². The van der Waals surface area contributed by atoms with Crippen molar-refractivity contribution in [1.29, 1.82) is 0 Å². The highest BCUT2D eigenvalue weighted by molar-refractivity contribution is 5.39. The number of nitrogens with one attached hydrogen (secondary N) is 1.